The van der Waals surface area contributed by atoms with E-state index >= 15 is 0 Å². The molecule has 1 aliphatic rings. The van der Waals surface area contributed by atoms with Gasteiger partial charge in [-0.1, -0.05) is 27.7 Å². The molecule has 1 aliphatic carbocycles. The third kappa shape index (κ3) is 1.91. The molecule has 2 heterocycles. The fraction of sp³-hybridized carbons (Fsp3) is 0.583. The molecule has 1 fully saturated rings. The molecule has 3 rings (SSSR count). The molecule has 4 N–H and O–H groups in total. The van der Waals surface area contributed by atoms with Gasteiger partial charge < -0.3 is 5.43 Å². The predicted octanol–water partition coefficient (Wildman–Crippen LogP) is 1.39. The maximum Gasteiger partial charge on any atom is 0.260 e. The van der Waals surface area contributed by atoms with Gasteiger partial charge >= 0.3 is 0 Å². The van der Waals surface area contributed by atoms with Crippen molar-refractivity contribution in [3.05, 3.63) is 11.6 Å². The summed E-state index contributed by atoms with van der Waals surface area (Å²) in [5.74, 6) is 5.57. The summed E-state index contributed by atoms with van der Waals surface area (Å²) in [4.78, 5) is 4.77. The van der Waals surface area contributed by atoms with Crippen LogP contribution in [-0.4, -0.2) is 23.8 Å². The van der Waals surface area contributed by atoms with Crippen LogP contribution in [0.25, 0.3) is 4.96 Å². The van der Waals surface area contributed by atoms with Crippen molar-refractivity contribution in [2.75, 3.05) is 5.43 Å². The van der Waals surface area contributed by atoms with Gasteiger partial charge in [0, 0.05) is 17.6 Å². The number of hydrogen-bond acceptors (Lipinski definition) is 6. The molecule has 0 radical (unpaired) electrons. The van der Waals surface area contributed by atoms with Crippen molar-refractivity contribution in [2.45, 2.75) is 38.8 Å². The predicted molar refractivity (Wildman–Crippen MR) is 82.6 cm³/mol. The molecule has 21 heavy (non-hydrogen) atoms. The first-order valence-corrected chi connectivity index (χ1v) is 8.93. The van der Waals surface area contributed by atoms with Crippen LogP contribution in [0.3, 0.4) is 0 Å². The summed E-state index contributed by atoms with van der Waals surface area (Å²) >= 11 is 1.35. The van der Waals surface area contributed by atoms with Gasteiger partial charge in [0.05, 0.1) is 0 Å². The van der Waals surface area contributed by atoms with Gasteiger partial charge in [0.1, 0.15) is 0 Å². The quantitative estimate of drug-likeness (QED) is 0.581. The van der Waals surface area contributed by atoms with Crippen LogP contribution in [0.1, 0.15) is 27.7 Å². The zero-order chi connectivity index (χ0) is 15.6. The molecule has 0 amide bonds. The summed E-state index contributed by atoms with van der Waals surface area (Å²) in [6, 6.07) is -0.121. The lowest BCUT2D eigenvalue weighted by Gasteiger charge is -2.09. The number of imidazole rings is 1. The number of rotatable bonds is 4. The van der Waals surface area contributed by atoms with Crippen molar-refractivity contribution in [3.8, 4) is 0 Å². The summed E-state index contributed by atoms with van der Waals surface area (Å²) in [5.41, 5.74) is 2.19. The number of thiazole rings is 1. The van der Waals surface area contributed by atoms with E-state index < -0.39 is 10.0 Å². The topological polar surface area (TPSA) is 102 Å². The smallest absolute Gasteiger partial charge is 0.260 e. The molecular formula is C12H19N5O2S2. The second-order valence-corrected chi connectivity index (χ2v) is 8.97. The monoisotopic (exact) mass is 329 g/mol. The molecule has 2 aromatic heterocycles. The highest BCUT2D eigenvalue weighted by Gasteiger charge is 2.66. The number of anilines is 1. The fourth-order valence-electron chi connectivity index (χ4n) is 2.82. The molecule has 0 unspecified atom stereocenters. The fourth-order valence-corrected chi connectivity index (χ4v) is 5.37. The van der Waals surface area contributed by atoms with E-state index in [4.69, 9.17) is 5.84 Å². The highest BCUT2D eigenvalue weighted by molar-refractivity contribution is 7.89. The molecule has 7 nitrogen and oxygen atoms in total. The third-order valence-electron chi connectivity index (χ3n) is 4.90. The summed E-state index contributed by atoms with van der Waals surface area (Å²) in [6.07, 6.45) is 1.67. The van der Waals surface area contributed by atoms with Crippen molar-refractivity contribution in [2.24, 2.45) is 16.7 Å². The lowest BCUT2D eigenvalue weighted by molar-refractivity contribution is 0.457. The molecule has 0 bridgehead atoms. The van der Waals surface area contributed by atoms with Crippen LogP contribution in [0, 0.1) is 10.8 Å². The Morgan fingerprint density at radius 3 is 2.48 bits per heavy atom. The van der Waals surface area contributed by atoms with Crippen molar-refractivity contribution in [1.82, 2.24) is 14.1 Å². The minimum atomic E-state index is -3.72. The summed E-state index contributed by atoms with van der Waals surface area (Å²) in [7, 11) is -3.72. The normalized spacial score (nSPS) is 20.8. The Morgan fingerprint density at radius 2 is 1.95 bits per heavy atom. The molecule has 2 aromatic rings. The number of aromatic nitrogens is 2. The van der Waals surface area contributed by atoms with Gasteiger partial charge in [0.15, 0.2) is 10.8 Å². The Morgan fingerprint density at radius 1 is 1.33 bits per heavy atom. The van der Waals surface area contributed by atoms with Gasteiger partial charge in [-0.05, 0) is 10.8 Å². The van der Waals surface area contributed by atoms with Gasteiger partial charge in [-0.3, -0.25) is 4.40 Å². The Hall–Kier alpha value is -1.16. The zero-order valence-corrected chi connectivity index (χ0v) is 14.0. The molecule has 116 valence electrons. The van der Waals surface area contributed by atoms with Gasteiger partial charge in [-0.2, -0.15) is 4.98 Å². The van der Waals surface area contributed by atoms with Crippen LogP contribution in [0.2, 0.25) is 0 Å². The SMILES string of the molecule is CC1(C)C(NS(=O)(=O)c2c(NN)nc3sccn23)C1(C)C. The maximum atomic E-state index is 12.7. The largest absolute Gasteiger partial charge is 0.306 e. The van der Waals surface area contributed by atoms with E-state index in [1.54, 1.807) is 11.6 Å². The van der Waals surface area contributed by atoms with Crippen LogP contribution in [0.5, 0.6) is 0 Å². The van der Waals surface area contributed by atoms with Gasteiger partial charge in [-0.25, -0.2) is 19.0 Å². The van der Waals surface area contributed by atoms with Crippen molar-refractivity contribution >= 4 is 32.1 Å². The van der Waals surface area contributed by atoms with Crippen molar-refractivity contribution in [1.29, 1.82) is 0 Å². The van der Waals surface area contributed by atoms with E-state index in [2.05, 4.69) is 42.8 Å². The summed E-state index contributed by atoms with van der Waals surface area (Å²) < 4.78 is 29.8. The van der Waals surface area contributed by atoms with Crippen molar-refractivity contribution < 1.29 is 8.42 Å². The number of hydrazine groups is 1. The number of nitrogens with two attached hydrogens (primary N) is 1. The summed E-state index contributed by atoms with van der Waals surface area (Å²) in [5, 5.41) is 1.84. The Kier molecular flexibility index (Phi) is 2.94. The maximum absolute atomic E-state index is 12.7. The van der Waals surface area contributed by atoms with E-state index in [9.17, 15) is 8.42 Å². The molecule has 0 aliphatic heterocycles. The molecule has 0 spiro atoms. The van der Waals surface area contributed by atoms with Crippen molar-refractivity contribution in [3.63, 3.8) is 0 Å². The van der Waals surface area contributed by atoms with Gasteiger partial charge in [0.2, 0.25) is 5.03 Å². The number of fused-ring (bicyclic) bond motifs is 1. The lowest BCUT2D eigenvalue weighted by atomic mass is 10.0. The molecule has 9 heteroatoms. The highest BCUT2D eigenvalue weighted by atomic mass is 32.2. The Labute approximate surface area is 127 Å². The summed E-state index contributed by atoms with van der Waals surface area (Å²) in [6.45, 7) is 8.22. The molecule has 1 saturated carbocycles. The standard InChI is InChI=1S/C12H19N5O2S2/c1-11(2)9(12(11,3)4)16-21(18,19)8-7(15-13)14-10-17(8)5-6-20-10/h5-6,9,15-16H,13H2,1-4H3. The number of nitrogen functional groups attached to an aromatic ring is 1. The number of hydrogen-bond donors (Lipinski definition) is 3. The lowest BCUT2D eigenvalue weighted by Crippen LogP contribution is -2.31. The minimum Gasteiger partial charge on any atom is -0.306 e. The average molecular weight is 329 g/mol. The minimum absolute atomic E-state index is 0.0553. The number of nitrogens with one attached hydrogen (secondary N) is 2. The van der Waals surface area contributed by atoms with E-state index in [1.807, 2.05) is 0 Å². The van der Waals surface area contributed by atoms with Crippen LogP contribution in [0.4, 0.5) is 5.82 Å². The van der Waals surface area contributed by atoms with Crippen LogP contribution in [-0.2, 0) is 10.0 Å². The highest BCUT2D eigenvalue weighted by Crippen LogP contribution is 2.63. The Bertz CT molecular complexity index is 789. The third-order valence-corrected chi connectivity index (χ3v) is 7.11. The van der Waals surface area contributed by atoms with E-state index in [0.717, 1.165) is 0 Å². The van der Waals surface area contributed by atoms with Crippen LogP contribution < -0.4 is 16.0 Å². The van der Waals surface area contributed by atoms with E-state index in [1.165, 1.54) is 15.7 Å². The van der Waals surface area contributed by atoms with Crippen LogP contribution >= 0.6 is 11.3 Å². The second kappa shape index (κ2) is 4.19. The van der Waals surface area contributed by atoms with Gasteiger partial charge in [0.25, 0.3) is 10.0 Å². The molecular weight excluding hydrogens is 310 g/mol. The number of sulfonamides is 1. The van der Waals surface area contributed by atoms with Crippen LogP contribution in [0.15, 0.2) is 16.6 Å². The zero-order valence-electron chi connectivity index (χ0n) is 12.3. The molecule has 0 atom stereocenters. The average Bonchev–Trinajstić information content (AvgIpc) is 2.83. The Balaban J connectivity index is 2.04. The van der Waals surface area contributed by atoms with E-state index in [0.29, 0.717) is 4.96 Å². The first-order valence-electron chi connectivity index (χ1n) is 6.57. The van der Waals surface area contributed by atoms with Gasteiger partial charge in [-0.15, -0.1) is 11.3 Å². The first kappa shape index (κ1) is 14.8. The van der Waals surface area contributed by atoms with E-state index in [-0.39, 0.29) is 27.7 Å². The first-order chi connectivity index (χ1) is 9.63. The molecule has 0 saturated heterocycles. The second-order valence-electron chi connectivity index (χ2n) is 6.46. The molecule has 0 aromatic carbocycles. The number of nitrogens with zero attached hydrogens (tertiary/aromatic N) is 2.